The van der Waals surface area contributed by atoms with E-state index in [1.807, 2.05) is 0 Å². The summed E-state index contributed by atoms with van der Waals surface area (Å²) < 4.78 is 5.07. The molecule has 0 amide bonds. The highest BCUT2D eigenvalue weighted by molar-refractivity contribution is 5.66. The highest BCUT2D eigenvalue weighted by Gasteiger charge is 2.37. The first-order valence-corrected chi connectivity index (χ1v) is 4.18. The first-order valence-electron chi connectivity index (χ1n) is 4.18. The summed E-state index contributed by atoms with van der Waals surface area (Å²) in [7, 11) is 0. The van der Waals surface area contributed by atoms with E-state index in [0.29, 0.717) is 26.2 Å². The number of carboxylic acid groups (broad SMARTS) is 1. The van der Waals surface area contributed by atoms with Gasteiger partial charge in [0.05, 0.1) is 13.2 Å². The Hall–Kier alpha value is -0.610. The summed E-state index contributed by atoms with van der Waals surface area (Å²) in [5, 5.41) is 8.49. The van der Waals surface area contributed by atoms with E-state index in [-0.39, 0.29) is 11.8 Å². The van der Waals surface area contributed by atoms with Crippen molar-refractivity contribution in [2.75, 3.05) is 19.8 Å². The number of carboxylic acids is 1. The van der Waals surface area contributed by atoms with Gasteiger partial charge in [0.15, 0.2) is 0 Å². The van der Waals surface area contributed by atoms with E-state index in [2.05, 4.69) is 0 Å². The van der Waals surface area contributed by atoms with Gasteiger partial charge in [-0.1, -0.05) is 0 Å². The van der Waals surface area contributed by atoms with E-state index in [1.54, 1.807) is 0 Å². The van der Waals surface area contributed by atoms with Gasteiger partial charge < -0.3 is 15.6 Å². The van der Waals surface area contributed by atoms with E-state index >= 15 is 0 Å². The zero-order valence-electron chi connectivity index (χ0n) is 7.08. The van der Waals surface area contributed by atoms with E-state index in [4.69, 9.17) is 15.6 Å². The van der Waals surface area contributed by atoms with Crippen molar-refractivity contribution < 1.29 is 14.6 Å². The van der Waals surface area contributed by atoms with Crippen molar-refractivity contribution in [2.45, 2.75) is 19.3 Å². The van der Waals surface area contributed by atoms with Crippen molar-refractivity contribution in [3.05, 3.63) is 0 Å². The molecule has 70 valence electrons. The fourth-order valence-electron chi connectivity index (χ4n) is 1.48. The Morgan fingerprint density at radius 2 is 2.17 bits per heavy atom. The monoisotopic (exact) mass is 173 g/mol. The Morgan fingerprint density at radius 1 is 1.50 bits per heavy atom. The largest absolute Gasteiger partial charge is 0.481 e. The molecular formula is C8H15NO3. The third-order valence-corrected chi connectivity index (χ3v) is 2.36. The van der Waals surface area contributed by atoms with Crippen molar-refractivity contribution in [3.63, 3.8) is 0 Å². The molecule has 4 nitrogen and oxygen atoms in total. The number of nitrogens with two attached hydrogens (primary N) is 1. The second kappa shape index (κ2) is 3.87. The van der Waals surface area contributed by atoms with Crippen LogP contribution in [0.2, 0.25) is 0 Å². The van der Waals surface area contributed by atoms with E-state index in [1.165, 1.54) is 0 Å². The molecule has 1 heterocycles. The first-order chi connectivity index (χ1) is 5.68. The molecule has 1 rings (SSSR count). The minimum atomic E-state index is -0.738. The van der Waals surface area contributed by atoms with Crippen LogP contribution in [0.4, 0.5) is 0 Å². The van der Waals surface area contributed by atoms with E-state index in [9.17, 15) is 4.79 Å². The molecule has 1 saturated heterocycles. The number of rotatable bonds is 5. The standard InChI is InChI=1S/C8H15NO3/c9-4-3-8(5-12-6-8)2-1-7(10)11/h1-6,9H2,(H,10,11). The summed E-state index contributed by atoms with van der Waals surface area (Å²) in [5.41, 5.74) is 5.50. The molecule has 0 aromatic carbocycles. The highest BCUT2D eigenvalue weighted by Crippen LogP contribution is 2.35. The third kappa shape index (κ3) is 2.19. The van der Waals surface area contributed by atoms with Crippen molar-refractivity contribution in [1.29, 1.82) is 0 Å². The molecule has 0 bridgehead atoms. The molecule has 0 aromatic heterocycles. The van der Waals surface area contributed by atoms with Crippen molar-refractivity contribution >= 4 is 5.97 Å². The molecule has 3 N–H and O–H groups in total. The van der Waals surface area contributed by atoms with Gasteiger partial charge in [-0.3, -0.25) is 4.79 Å². The summed E-state index contributed by atoms with van der Waals surface area (Å²) in [6.07, 6.45) is 1.79. The molecule has 0 radical (unpaired) electrons. The molecule has 1 fully saturated rings. The molecule has 0 saturated carbocycles. The van der Waals surface area contributed by atoms with Crippen LogP contribution in [0.5, 0.6) is 0 Å². The Bertz CT molecular complexity index is 166. The van der Waals surface area contributed by atoms with Crippen molar-refractivity contribution in [1.82, 2.24) is 0 Å². The molecule has 4 heteroatoms. The third-order valence-electron chi connectivity index (χ3n) is 2.36. The summed E-state index contributed by atoms with van der Waals surface area (Å²) in [4.78, 5) is 10.3. The van der Waals surface area contributed by atoms with Crippen LogP contribution in [0.1, 0.15) is 19.3 Å². The van der Waals surface area contributed by atoms with Gasteiger partial charge in [-0.25, -0.2) is 0 Å². The van der Waals surface area contributed by atoms with Gasteiger partial charge in [0.2, 0.25) is 0 Å². The number of ether oxygens (including phenoxy) is 1. The summed E-state index contributed by atoms with van der Waals surface area (Å²) >= 11 is 0. The second-order valence-electron chi connectivity index (χ2n) is 3.43. The molecule has 1 aliphatic rings. The normalized spacial score (nSPS) is 20.1. The lowest BCUT2D eigenvalue weighted by molar-refractivity contribution is -0.144. The van der Waals surface area contributed by atoms with Gasteiger partial charge in [-0.05, 0) is 19.4 Å². The molecule has 0 spiro atoms. The van der Waals surface area contributed by atoms with Crippen LogP contribution in [0.3, 0.4) is 0 Å². The average Bonchev–Trinajstić information content (AvgIpc) is 1.94. The number of carbonyl (C=O) groups is 1. The molecule has 0 atom stereocenters. The van der Waals surface area contributed by atoms with Crippen LogP contribution >= 0.6 is 0 Å². The lowest BCUT2D eigenvalue weighted by atomic mass is 9.78. The molecular weight excluding hydrogens is 158 g/mol. The average molecular weight is 173 g/mol. The van der Waals surface area contributed by atoms with Crippen LogP contribution in [0.15, 0.2) is 0 Å². The number of hydrogen-bond donors (Lipinski definition) is 2. The molecule has 0 aromatic rings. The maximum Gasteiger partial charge on any atom is 0.303 e. The Kier molecular flexibility index (Phi) is 3.05. The predicted molar refractivity (Wildman–Crippen MR) is 43.8 cm³/mol. The van der Waals surface area contributed by atoms with Crippen molar-refractivity contribution in [3.8, 4) is 0 Å². The van der Waals surface area contributed by atoms with Crippen LogP contribution in [0.25, 0.3) is 0 Å². The predicted octanol–water partition coefficient (Wildman–Crippen LogP) is 0.217. The lowest BCUT2D eigenvalue weighted by Gasteiger charge is -2.41. The number of hydrogen-bond acceptors (Lipinski definition) is 3. The fourth-order valence-corrected chi connectivity index (χ4v) is 1.48. The molecule has 12 heavy (non-hydrogen) atoms. The maximum absolute atomic E-state index is 10.3. The minimum Gasteiger partial charge on any atom is -0.481 e. The molecule has 0 aliphatic carbocycles. The Labute approximate surface area is 71.7 Å². The molecule has 0 unspecified atom stereocenters. The van der Waals surface area contributed by atoms with Crippen LogP contribution in [0, 0.1) is 5.41 Å². The highest BCUT2D eigenvalue weighted by atomic mass is 16.5. The fraction of sp³-hybridized carbons (Fsp3) is 0.875. The summed E-state index contributed by atoms with van der Waals surface area (Å²) in [5.74, 6) is -0.738. The molecule has 1 aliphatic heterocycles. The second-order valence-corrected chi connectivity index (χ2v) is 3.43. The van der Waals surface area contributed by atoms with E-state index in [0.717, 1.165) is 6.42 Å². The van der Waals surface area contributed by atoms with Crippen LogP contribution in [-0.2, 0) is 9.53 Å². The van der Waals surface area contributed by atoms with Gasteiger partial charge in [-0.2, -0.15) is 0 Å². The van der Waals surface area contributed by atoms with Gasteiger partial charge in [0, 0.05) is 11.8 Å². The number of aliphatic carboxylic acids is 1. The first kappa shape index (κ1) is 9.48. The SMILES string of the molecule is NCCC1(CCC(=O)O)COC1. The lowest BCUT2D eigenvalue weighted by Crippen LogP contribution is -2.44. The summed E-state index contributed by atoms with van der Waals surface area (Å²) in [6, 6.07) is 0. The summed E-state index contributed by atoms with van der Waals surface area (Å²) in [6.45, 7) is 1.97. The zero-order chi connectivity index (χ0) is 9.03. The van der Waals surface area contributed by atoms with Gasteiger partial charge in [0.1, 0.15) is 0 Å². The zero-order valence-corrected chi connectivity index (χ0v) is 7.08. The topological polar surface area (TPSA) is 72.6 Å². The van der Waals surface area contributed by atoms with E-state index < -0.39 is 5.97 Å². The van der Waals surface area contributed by atoms with Gasteiger partial charge in [0.25, 0.3) is 0 Å². The smallest absolute Gasteiger partial charge is 0.303 e. The van der Waals surface area contributed by atoms with Crippen LogP contribution in [-0.4, -0.2) is 30.8 Å². The minimum absolute atomic E-state index is 0.0765. The van der Waals surface area contributed by atoms with Gasteiger partial charge in [-0.15, -0.1) is 0 Å². The van der Waals surface area contributed by atoms with Crippen molar-refractivity contribution in [2.24, 2.45) is 11.1 Å². The Balaban J connectivity index is 2.29. The maximum atomic E-state index is 10.3. The Morgan fingerprint density at radius 3 is 2.50 bits per heavy atom. The quantitative estimate of drug-likeness (QED) is 0.623. The van der Waals surface area contributed by atoms with Gasteiger partial charge >= 0.3 is 5.97 Å². The van der Waals surface area contributed by atoms with Crippen LogP contribution < -0.4 is 5.73 Å².